The van der Waals surface area contributed by atoms with Gasteiger partial charge in [-0.3, -0.25) is 0 Å². The van der Waals surface area contributed by atoms with Crippen LogP contribution >= 0.6 is 0 Å². The van der Waals surface area contributed by atoms with Gasteiger partial charge in [0, 0.05) is 77.9 Å². The molecule has 2 aromatic heterocycles. The first kappa shape index (κ1) is 51.4. The second kappa shape index (κ2) is 24.8. The number of rotatable bonds is 8. The van der Waals surface area contributed by atoms with E-state index < -0.39 is 120 Å². The van der Waals surface area contributed by atoms with E-state index in [0.717, 1.165) is 143 Å². The average Bonchev–Trinajstić information content (AvgIpc) is 1.25. The van der Waals surface area contributed by atoms with E-state index in [0.29, 0.717) is 22.7 Å². The molecule has 4 heterocycles. The molecule has 17 aromatic carbocycles. The summed E-state index contributed by atoms with van der Waals surface area (Å²) < 4.78 is 156. The van der Waals surface area contributed by atoms with Crippen molar-refractivity contribution in [2.24, 2.45) is 0 Å². The van der Waals surface area contributed by atoms with Gasteiger partial charge in [-0.25, -0.2) is 0 Å². The number of benzene rings is 17. The summed E-state index contributed by atoms with van der Waals surface area (Å²) in [5, 5.41) is 8.26. The molecule has 0 fully saturated rings. The van der Waals surface area contributed by atoms with E-state index in [2.05, 4.69) is 242 Å². The van der Waals surface area contributed by atoms with Gasteiger partial charge in [-0.15, -0.1) is 0 Å². The Bertz CT molecular complexity index is 7500. The Hall–Kier alpha value is -13.0. The molecule has 530 valence electrons. The SMILES string of the molecule is [2H]c1c([2H])c([2H])c2c(c1[2H])c1c([2H])c([2H])c([2H])c([2H])c1n2-c1ccc2c(c1)N(c1c(-c3ccccc3)cc(C(C)(C)C)cc1-c1ccc3c(ccc4ccccc43)c1)c1cc(C(C)(C)C)cc3c1B2c1ccc(-n2c4c([2H])c([2H])c([2H])c([2H])c4c4c([2H])c([2H])c([2H])c([2H])c42)cc1N3c1c(-c2ccccc2)cc(C(C)(C)C)cc1-c1ccc2c(ccc3ccccc32)c1. The summed E-state index contributed by atoms with van der Waals surface area (Å²) in [6.07, 6.45) is 0. The molecule has 2 aliphatic heterocycles. The molecule has 0 spiro atoms. The van der Waals surface area contributed by atoms with Gasteiger partial charge in [-0.05, 0) is 212 Å². The van der Waals surface area contributed by atoms with Crippen molar-refractivity contribution in [3.8, 4) is 55.9 Å². The van der Waals surface area contributed by atoms with Crippen molar-refractivity contribution >= 4 is 144 Å². The Balaban J connectivity index is 0.981. The molecule has 0 N–H and O–H groups in total. The Morgan fingerprint density at radius 3 is 0.964 bits per heavy atom. The molecule has 0 aliphatic carbocycles. The zero-order valence-corrected chi connectivity index (χ0v) is 63.0. The number of hydrogen-bond acceptors (Lipinski definition) is 2. The van der Waals surface area contributed by atoms with Crippen molar-refractivity contribution in [3.63, 3.8) is 0 Å². The zero-order chi connectivity index (χ0) is 88.8. The molecule has 0 bridgehead atoms. The largest absolute Gasteiger partial charge is 0.310 e. The summed E-state index contributed by atoms with van der Waals surface area (Å²) in [7, 11) is 0. The number of aromatic nitrogens is 2. The predicted octanol–water partition coefficient (Wildman–Crippen LogP) is 27.1. The molecular weight excluding hydrogens is 1340 g/mol. The Morgan fingerprint density at radius 2 is 0.586 bits per heavy atom. The van der Waals surface area contributed by atoms with Crippen LogP contribution in [0.15, 0.2) is 339 Å². The monoisotopic (exact) mass is 1440 g/mol. The maximum atomic E-state index is 9.99. The summed E-state index contributed by atoms with van der Waals surface area (Å²) >= 11 is 0. The Labute approximate surface area is 671 Å². The fourth-order valence-corrected chi connectivity index (χ4v) is 17.6. The highest BCUT2D eigenvalue weighted by Gasteiger charge is 2.47. The van der Waals surface area contributed by atoms with Gasteiger partial charge in [0.25, 0.3) is 6.71 Å². The molecule has 0 saturated carbocycles. The third-order valence-electron chi connectivity index (χ3n) is 23.2. The summed E-state index contributed by atoms with van der Waals surface area (Å²) in [5.41, 5.74) is 15.4. The van der Waals surface area contributed by atoms with Gasteiger partial charge in [0.1, 0.15) is 0 Å². The van der Waals surface area contributed by atoms with Crippen LogP contribution in [0, 0.1) is 0 Å². The lowest BCUT2D eigenvalue weighted by atomic mass is 9.33. The van der Waals surface area contributed by atoms with Gasteiger partial charge in [0.15, 0.2) is 0 Å². The van der Waals surface area contributed by atoms with Crippen molar-refractivity contribution in [1.82, 2.24) is 9.13 Å². The van der Waals surface area contributed by atoms with Crippen molar-refractivity contribution in [2.45, 2.75) is 78.6 Å². The van der Waals surface area contributed by atoms with E-state index in [1.807, 2.05) is 72.8 Å². The van der Waals surface area contributed by atoms with Gasteiger partial charge < -0.3 is 18.9 Å². The second-order valence-corrected chi connectivity index (χ2v) is 32.9. The molecule has 0 amide bonds. The first-order chi connectivity index (χ1) is 60.6. The first-order valence-electron chi connectivity index (χ1n) is 46.0. The van der Waals surface area contributed by atoms with Crippen molar-refractivity contribution in [2.75, 3.05) is 9.80 Å². The van der Waals surface area contributed by atoms with E-state index in [1.165, 1.54) is 0 Å². The third-order valence-corrected chi connectivity index (χ3v) is 23.2. The number of hydrogen-bond donors (Lipinski definition) is 0. The second-order valence-electron chi connectivity index (χ2n) is 32.9. The van der Waals surface area contributed by atoms with E-state index in [1.54, 1.807) is 9.13 Å². The molecule has 2 aliphatic rings. The number of nitrogens with zero attached hydrogens (tertiary/aromatic N) is 4. The van der Waals surface area contributed by atoms with Crippen LogP contribution in [0.4, 0.5) is 34.1 Å². The fourth-order valence-electron chi connectivity index (χ4n) is 17.6. The molecule has 0 saturated heterocycles. The highest BCUT2D eigenvalue weighted by molar-refractivity contribution is 7.00. The number of anilines is 6. The minimum absolute atomic E-state index is 0.0508. The quantitative estimate of drug-likeness (QED) is 0.111. The maximum Gasteiger partial charge on any atom is 0.252 e. The zero-order valence-electron chi connectivity index (χ0n) is 79.0. The highest BCUT2D eigenvalue weighted by atomic mass is 15.2. The van der Waals surface area contributed by atoms with E-state index in [-0.39, 0.29) is 43.6 Å². The van der Waals surface area contributed by atoms with E-state index in [9.17, 15) is 21.9 Å². The van der Waals surface area contributed by atoms with Gasteiger partial charge in [0.2, 0.25) is 0 Å². The lowest BCUT2D eigenvalue weighted by Crippen LogP contribution is -2.61. The minimum Gasteiger partial charge on any atom is -0.310 e. The average molecular weight is 1440 g/mol. The standard InChI is InChI=1S/C106H83BN4/c1-104(2,3)74-58-87(66-28-12-10-13-29-66)102(89(60-74)72-48-52-81-70(56-72)46-44-68-32-16-18-34-79(68)81)110-97-64-77(108-93-40-24-20-36-83(93)84-37-21-25-41-94(84)108)50-54-91(97)107-92-55-51-78(109-95-42-26-22-38-85(95)86-39-23-27-43-96(86)109)65-98(92)111(100-63-76(106(7,8)9)62-99(110)101(100)107)103-88(67-30-14-11-15-31-67)59-75(105(4,5)6)61-90(103)73-49-53-82-71(57-73)47-45-69-33-17-19-35-80(69)82/h10-65H,1-9H3/i20D,21D,22D,23D,24D,25D,26D,27D,36D,37D,38D,39D,40D,41D,42D,43D. The summed E-state index contributed by atoms with van der Waals surface area (Å²) in [5.74, 6) is 0. The lowest BCUT2D eigenvalue weighted by molar-refractivity contribution is 0.590. The van der Waals surface area contributed by atoms with Crippen LogP contribution in [-0.4, -0.2) is 15.8 Å². The molecule has 5 heteroatoms. The highest BCUT2D eigenvalue weighted by Crippen LogP contribution is 2.56. The van der Waals surface area contributed by atoms with Gasteiger partial charge in [0.05, 0.1) is 55.4 Å². The molecule has 0 unspecified atom stereocenters. The van der Waals surface area contributed by atoms with Crippen LogP contribution in [0.5, 0.6) is 0 Å². The van der Waals surface area contributed by atoms with Crippen LogP contribution in [0.2, 0.25) is 0 Å². The van der Waals surface area contributed by atoms with Gasteiger partial charge >= 0.3 is 0 Å². The fraction of sp³-hybridized carbons (Fsp3) is 0.113. The Morgan fingerprint density at radius 1 is 0.261 bits per heavy atom. The minimum atomic E-state index is -0.794. The third kappa shape index (κ3) is 10.5. The molecule has 111 heavy (non-hydrogen) atoms. The molecule has 0 radical (unpaired) electrons. The van der Waals surface area contributed by atoms with Crippen LogP contribution in [0.25, 0.3) is 143 Å². The van der Waals surface area contributed by atoms with Gasteiger partial charge in [-0.2, -0.15) is 0 Å². The van der Waals surface area contributed by atoms with Crippen LogP contribution < -0.4 is 26.2 Å². The molecular formula is C106H83BN4. The molecule has 21 rings (SSSR count). The normalized spacial score (nSPS) is 15.1. The van der Waals surface area contributed by atoms with Crippen LogP contribution in [0.1, 0.15) is 101 Å². The summed E-state index contributed by atoms with van der Waals surface area (Å²) in [6.45, 7) is 19.1. The summed E-state index contributed by atoms with van der Waals surface area (Å²) in [6, 6.07) is 77.2. The predicted molar refractivity (Wildman–Crippen MR) is 477 cm³/mol. The maximum absolute atomic E-state index is 9.99. The molecule has 19 aromatic rings. The first-order valence-corrected chi connectivity index (χ1v) is 38.0. The molecule has 4 nitrogen and oxygen atoms in total. The summed E-state index contributed by atoms with van der Waals surface area (Å²) in [4.78, 5) is 4.75. The topological polar surface area (TPSA) is 16.3 Å². The van der Waals surface area contributed by atoms with Crippen LogP contribution in [0.3, 0.4) is 0 Å². The van der Waals surface area contributed by atoms with E-state index in [4.69, 9.17) is 0 Å². The van der Waals surface area contributed by atoms with Crippen molar-refractivity contribution in [1.29, 1.82) is 0 Å². The van der Waals surface area contributed by atoms with Crippen LogP contribution in [-0.2, 0) is 16.2 Å². The van der Waals surface area contributed by atoms with Crippen molar-refractivity contribution < 1.29 is 21.9 Å². The lowest BCUT2D eigenvalue weighted by Gasteiger charge is -2.47. The number of fused-ring (bicyclic) bond motifs is 16. The number of para-hydroxylation sites is 4. The molecule has 0 atom stereocenters. The van der Waals surface area contributed by atoms with Crippen molar-refractivity contribution in [3.05, 3.63) is 356 Å². The van der Waals surface area contributed by atoms with Gasteiger partial charge in [-0.1, -0.05) is 305 Å². The Kier molecular flexibility index (Phi) is 11.5. The van der Waals surface area contributed by atoms with E-state index >= 15 is 0 Å². The smallest absolute Gasteiger partial charge is 0.252 e.